The lowest BCUT2D eigenvalue weighted by atomic mass is 10.0. The zero-order valence-electron chi connectivity index (χ0n) is 26.1. The van der Waals surface area contributed by atoms with Gasteiger partial charge in [0.2, 0.25) is 5.95 Å². The van der Waals surface area contributed by atoms with E-state index in [2.05, 4.69) is 144 Å². The summed E-state index contributed by atoms with van der Waals surface area (Å²) in [4.78, 5) is 10.9. The first-order chi connectivity index (χ1) is 24.3. The van der Waals surface area contributed by atoms with Crippen LogP contribution < -0.4 is 0 Å². The number of aromatic nitrogens is 3. The van der Waals surface area contributed by atoms with Crippen LogP contribution in [0, 0.1) is 0 Å². The van der Waals surface area contributed by atoms with Crippen LogP contribution in [0.2, 0.25) is 0 Å². The van der Waals surface area contributed by atoms with Crippen molar-refractivity contribution in [2.45, 2.75) is 0 Å². The molecular weight excluding hydrogens is 619 g/mol. The summed E-state index contributed by atoms with van der Waals surface area (Å²) in [5.74, 6) is 0.643. The monoisotopic (exact) mass is 643 g/mol. The molecule has 11 aromatic rings. The molecule has 0 saturated carbocycles. The molecule has 4 heterocycles. The molecule has 49 heavy (non-hydrogen) atoms. The van der Waals surface area contributed by atoms with Crippen LogP contribution in [0.5, 0.6) is 0 Å². The van der Waals surface area contributed by atoms with Crippen molar-refractivity contribution in [2.75, 3.05) is 0 Å². The van der Waals surface area contributed by atoms with E-state index in [4.69, 9.17) is 14.4 Å². The molecule has 0 aliphatic rings. The first-order valence-electron chi connectivity index (χ1n) is 16.4. The molecule has 0 N–H and O–H groups in total. The minimum Gasteiger partial charge on any atom is -0.455 e. The number of nitrogens with zero attached hydrogens (tertiary/aromatic N) is 3. The Kier molecular flexibility index (Phi) is 5.51. The Hall–Kier alpha value is -6.30. The molecule has 11 rings (SSSR count). The highest BCUT2D eigenvalue weighted by Gasteiger charge is 2.22. The van der Waals surface area contributed by atoms with Crippen LogP contribution in [0.1, 0.15) is 0 Å². The van der Waals surface area contributed by atoms with E-state index in [1.54, 1.807) is 11.3 Å². The standard InChI is InChI=1S/C44H25N3OS/c1-2-10-26(11-3-1)27-18-20-28(21-19-27)40-43-41(34-24-29-12-4-5-13-30(29)25-38(34)49-43)46-44(45-40)47-35-16-8-6-15-33(35)39-36(47)23-22-32-31-14-7-9-17-37(31)48-42(32)39/h1-25H. The molecule has 4 aromatic heterocycles. The maximum absolute atomic E-state index is 6.57. The van der Waals surface area contributed by atoms with Crippen molar-refractivity contribution in [3.63, 3.8) is 0 Å². The molecule has 0 radical (unpaired) electrons. The lowest BCUT2D eigenvalue weighted by molar-refractivity contribution is 0.673. The normalized spacial score (nSPS) is 12.1. The molecule has 0 aliphatic heterocycles. The minimum atomic E-state index is 0.643. The Labute approximate surface area is 284 Å². The van der Waals surface area contributed by atoms with E-state index < -0.39 is 0 Å². The second-order valence-electron chi connectivity index (χ2n) is 12.6. The summed E-state index contributed by atoms with van der Waals surface area (Å²) in [7, 11) is 0. The van der Waals surface area contributed by atoms with E-state index in [1.165, 1.54) is 26.6 Å². The van der Waals surface area contributed by atoms with Gasteiger partial charge in [-0.1, -0.05) is 115 Å². The van der Waals surface area contributed by atoms with Crippen LogP contribution in [0.15, 0.2) is 156 Å². The van der Waals surface area contributed by atoms with Gasteiger partial charge < -0.3 is 4.42 Å². The highest BCUT2D eigenvalue weighted by atomic mass is 32.1. The van der Waals surface area contributed by atoms with Gasteiger partial charge >= 0.3 is 0 Å². The molecular formula is C44H25N3OS. The van der Waals surface area contributed by atoms with Gasteiger partial charge in [0.1, 0.15) is 11.2 Å². The van der Waals surface area contributed by atoms with Crippen LogP contribution in [-0.4, -0.2) is 14.5 Å². The second kappa shape index (κ2) is 10.1. The quantitative estimate of drug-likeness (QED) is 0.192. The Bertz CT molecular complexity index is 3100. The summed E-state index contributed by atoms with van der Waals surface area (Å²) in [6.45, 7) is 0. The van der Waals surface area contributed by atoms with E-state index in [9.17, 15) is 0 Å². The third-order valence-corrected chi connectivity index (χ3v) is 11.0. The third-order valence-electron chi connectivity index (χ3n) is 9.81. The number of rotatable bonds is 3. The molecule has 0 amide bonds. The predicted octanol–water partition coefficient (Wildman–Crippen LogP) is 12.3. The van der Waals surface area contributed by atoms with Crippen LogP contribution in [0.3, 0.4) is 0 Å². The predicted molar refractivity (Wildman–Crippen MR) is 205 cm³/mol. The fraction of sp³-hybridized carbons (Fsp3) is 0. The van der Waals surface area contributed by atoms with Gasteiger partial charge in [-0.2, -0.15) is 0 Å². The van der Waals surface area contributed by atoms with Gasteiger partial charge in [0, 0.05) is 31.8 Å². The zero-order valence-corrected chi connectivity index (χ0v) is 26.9. The number of hydrogen-bond acceptors (Lipinski definition) is 4. The summed E-state index contributed by atoms with van der Waals surface area (Å²) in [5.41, 5.74) is 9.16. The van der Waals surface area contributed by atoms with Crippen molar-refractivity contribution in [3.05, 3.63) is 152 Å². The van der Waals surface area contributed by atoms with E-state index in [0.717, 1.165) is 70.6 Å². The van der Waals surface area contributed by atoms with Gasteiger partial charge in [-0.3, -0.25) is 4.57 Å². The topological polar surface area (TPSA) is 43.9 Å². The molecule has 0 aliphatic carbocycles. The summed E-state index contributed by atoms with van der Waals surface area (Å²) in [6, 6.07) is 53.5. The number of benzene rings is 7. The number of para-hydroxylation sites is 2. The lowest BCUT2D eigenvalue weighted by Gasteiger charge is -2.11. The van der Waals surface area contributed by atoms with Gasteiger partial charge in [0.15, 0.2) is 0 Å². The molecule has 0 saturated heterocycles. The molecule has 5 heteroatoms. The molecule has 0 atom stereocenters. The summed E-state index contributed by atoms with van der Waals surface area (Å²) in [6.07, 6.45) is 0. The molecule has 4 nitrogen and oxygen atoms in total. The van der Waals surface area contributed by atoms with E-state index in [1.807, 2.05) is 12.1 Å². The first-order valence-corrected chi connectivity index (χ1v) is 17.2. The fourth-order valence-corrected chi connectivity index (χ4v) is 8.70. The van der Waals surface area contributed by atoms with Gasteiger partial charge in [-0.05, 0) is 58.3 Å². The average molecular weight is 644 g/mol. The largest absolute Gasteiger partial charge is 0.455 e. The molecule has 0 spiro atoms. The Morgan fingerprint density at radius 1 is 0.510 bits per heavy atom. The van der Waals surface area contributed by atoms with E-state index >= 15 is 0 Å². The Morgan fingerprint density at radius 3 is 2.06 bits per heavy atom. The highest BCUT2D eigenvalue weighted by Crippen LogP contribution is 2.43. The van der Waals surface area contributed by atoms with Crippen molar-refractivity contribution in [1.29, 1.82) is 0 Å². The van der Waals surface area contributed by atoms with Gasteiger partial charge in [-0.15, -0.1) is 11.3 Å². The maximum Gasteiger partial charge on any atom is 0.235 e. The Morgan fingerprint density at radius 2 is 1.20 bits per heavy atom. The maximum atomic E-state index is 6.57. The zero-order chi connectivity index (χ0) is 32.1. The Balaban J connectivity index is 1.23. The summed E-state index contributed by atoms with van der Waals surface area (Å²) >= 11 is 1.77. The molecule has 228 valence electrons. The van der Waals surface area contributed by atoms with E-state index in [0.29, 0.717) is 5.95 Å². The number of hydrogen-bond donors (Lipinski definition) is 0. The minimum absolute atomic E-state index is 0.643. The number of thiophene rings is 1. The highest BCUT2D eigenvalue weighted by molar-refractivity contribution is 7.26. The second-order valence-corrected chi connectivity index (χ2v) is 13.6. The summed E-state index contributed by atoms with van der Waals surface area (Å²) < 4.78 is 11.1. The van der Waals surface area contributed by atoms with E-state index in [-0.39, 0.29) is 0 Å². The van der Waals surface area contributed by atoms with Crippen LogP contribution in [0.4, 0.5) is 0 Å². The molecule has 0 unspecified atom stereocenters. The van der Waals surface area contributed by atoms with Crippen molar-refractivity contribution in [2.24, 2.45) is 0 Å². The number of furan rings is 1. The van der Waals surface area contributed by atoms with Crippen LogP contribution >= 0.6 is 11.3 Å². The van der Waals surface area contributed by atoms with Crippen molar-refractivity contribution in [1.82, 2.24) is 14.5 Å². The van der Waals surface area contributed by atoms with Crippen LogP contribution in [-0.2, 0) is 0 Å². The van der Waals surface area contributed by atoms with Crippen molar-refractivity contribution < 1.29 is 4.42 Å². The summed E-state index contributed by atoms with van der Waals surface area (Å²) in [5, 5.41) is 7.98. The lowest BCUT2D eigenvalue weighted by Crippen LogP contribution is -2.02. The van der Waals surface area contributed by atoms with Crippen LogP contribution in [0.25, 0.3) is 103 Å². The van der Waals surface area contributed by atoms with Crippen molar-refractivity contribution >= 4 is 86.2 Å². The molecule has 0 fully saturated rings. The van der Waals surface area contributed by atoms with Gasteiger partial charge in [-0.25, -0.2) is 9.97 Å². The molecule has 0 bridgehead atoms. The third kappa shape index (κ3) is 3.91. The first kappa shape index (κ1) is 26.7. The smallest absolute Gasteiger partial charge is 0.235 e. The van der Waals surface area contributed by atoms with Gasteiger partial charge in [0.25, 0.3) is 0 Å². The molecule has 7 aromatic carbocycles. The van der Waals surface area contributed by atoms with Crippen molar-refractivity contribution in [3.8, 4) is 28.3 Å². The van der Waals surface area contributed by atoms with Gasteiger partial charge in [0.05, 0.1) is 32.3 Å². The SMILES string of the molecule is c1ccc(-c2ccc(-c3nc(-n4c5ccccc5c5c6oc7ccccc7c6ccc54)nc4c3sc3cc5ccccc5cc34)cc2)cc1. The fourth-order valence-electron chi connectivity index (χ4n) is 7.51. The average Bonchev–Trinajstić information content (AvgIpc) is 3.83. The number of fused-ring (bicyclic) bond motifs is 11.